The highest BCUT2D eigenvalue weighted by Crippen LogP contribution is 2.45. The van der Waals surface area contributed by atoms with Crippen LogP contribution in [0.4, 0.5) is 5.69 Å². The van der Waals surface area contributed by atoms with Crippen LogP contribution in [-0.4, -0.2) is 31.0 Å². The lowest BCUT2D eigenvalue weighted by molar-refractivity contribution is 0.414. The van der Waals surface area contributed by atoms with Gasteiger partial charge in [-0.1, -0.05) is 12.1 Å². The average Bonchev–Trinajstić information content (AvgIpc) is 2.44. The first-order valence-electron chi connectivity index (χ1n) is 6.77. The fourth-order valence-corrected chi connectivity index (χ4v) is 5.07. The van der Waals surface area contributed by atoms with Gasteiger partial charge in [-0.25, -0.2) is 5.01 Å². The summed E-state index contributed by atoms with van der Waals surface area (Å²) in [6.07, 6.45) is 4.72. The predicted molar refractivity (Wildman–Crippen MR) is 88.4 cm³/mol. The van der Waals surface area contributed by atoms with E-state index in [0.717, 1.165) is 5.01 Å². The number of nitrogens with zero attached hydrogens (tertiary/aromatic N) is 2. The quantitative estimate of drug-likeness (QED) is 0.758. The maximum Gasteiger partial charge on any atom is 0.313 e. The summed E-state index contributed by atoms with van der Waals surface area (Å²) in [5.74, 6) is 0. The van der Waals surface area contributed by atoms with Crippen molar-refractivity contribution in [2.75, 3.05) is 5.01 Å². The Morgan fingerprint density at radius 3 is 2.25 bits per heavy atom. The van der Waals surface area contributed by atoms with E-state index < -0.39 is 30.2 Å². The average molecular weight is 370 g/mol. The summed E-state index contributed by atoms with van der Waals surface area (Å²) in [5.41, 5.74) is 1.15. The number of benzene rings is 1. The van der Waals surface area contributed by atoms with Crippen LogP contribution in [0, 0.1) is 6.92 Å². The zero-order valence-corrected chi connectivity index (χ0v) is 14.3. The predicted octanol–water partition coefficient (Wildman–Crippen LogP) is 1.86. The molecule has 1 aromatic carbocycles. The summed E-state index contributed by atoms with van der Waals surface area (Å²) >= 11 is 0. The SMILES string of the molecule is CC1=CC=CN2c3cccc(C)c3C(S(=O)(=O)O)=C(S(=O)(=O)O)N12. The van der Waals surface area contributed by atoms with Gasteiger partial charge in [0.1, 0.15) is 4.91 Å². The molecule has 2 aliphatic heterocycles. The Morgan fingerprint density at radius 2 is 1.67 bits per heavy atom. The van der Waals surface area contributed by atoms with E-state index in [0.29, 0.717) is 16.9 Å². The minimum absolute atomic E-state index is 0.0169. The standard InChI is InChI=1S/C14H14N2O6S2/c1-9-5-3-7-11-12(9)13(23(17,18)19)14(24(20,21)22)16-10(2)6-4-8-15(11)16/h3-8H,1-2H3,(H,17,18,19)(H,20,21,22). The number of hydrogen-bond acceptors (Lipinski definition) is 6. The van der Waals surface area contributed by atoms with Gasteiger partial charge in [0.05, 0.1) is 5.69 Å². The van der Waals surface area contributed by atoms with Gasteiger partial charge in [0.2, 0.25) is 5.03 Å². The minimum atomic E-state index is -4.97. The third-order valence-electron chi connectivity index (χ3n) is 3.73. The van der Waals surface area contributed by atoms with Crippen LogP contribution in [0.15, 0.2) is 47.3 Å². The van der Waals surface area contributed by atoms with Crippen molar-refractivity contribution in [2.45, 2.75) is 13.8 Å². The van der Waals surface area contributed by atoms with Crippen molar-refractivity contribution in [1.29, 1.82) is 0 Å². The molecule has 0 saturated carbocycles. The van der Waals surface area contributed by atoms with Crippen molar-refractivity contribution in [3.05, 3.63) is 58.4 Å². The van der Waals surface area contributed by atoms with E-state index in [4.69, 9.17) is 0 Å². The fourth-order valence-electron chi connectivity index (χ4n) is 2.82. The van der Waals surface area contributed by atoms with E-state index in [-0.39, 0.29) is 5.56 Å². The summed E-state index contributed by atoms with van der Waals surface area (Å²) in [7, 11) is -9.92. The summed E-state index contributed by atoms with van der Waals surface area (Å²) in [4.78, 5) is -0.850. The maximum atomic E-state index is 12.0. The van der Waals surface area contributed by atoms with E-state index in [9.17, 15) is 25.9 Å². The fraction of sp³-hybridized carbons (Fsp3) is 0.143. The van der Waals surface area contributed by atoms with Crippen molar-refractivity contribution >= 4 is 30.8 Å². The highest BCUT2D eigenvalue weighted by atomic mass is 32.2. The van der Waals surface area contributed by atoms with Crippen molar-refractivity contribution in [3.8, 4) is 0 Å². The number of hydrogen-bond donors (Lipinski definition) is 2. The van der Waals surface area contributed by atoms with Gasteiger partial charge in [-0.05, 0) is 37.6 Å². The van der Waals surface area contributed by atoms with Crippen LogP contribution in [0.25, 0.3) is 4.91 Å². The summed E-state index contributed by atoms with van der Waals surface area (Å²) in [6.45, 7) is 3.13. The molecule has 0 spiro atoms. The Bertz CT molecular complexity index is 1040. The molecule has 0 aromatic heterocycles. The second-order valence-corrected chi connectivity index (χ2v) is 8.05. The number of rotatable bonds is 2. The lowest BCUT2D eigenvalue weighted by atomic mass is 10.0. The first kappa shape index (κ1) is 16.7. The molecule has 8 nitrogen and oxygen atoms in total. The molecule has 0 saturated heterocycles. The number of fused-ring (bicyclic) bond motifs is 3. The largest absolute Gasteiger partial charge is 0.313 e. The van der Waals surface area contributed by atoms with E-state index in [2.05, 4.69) is 0 Å². The second kappa shape index (κ2) is 5.18. The van der Waals surface area contributed by atoms with E-state index in [1.54, 1.807) is 44.2 Å². The molecule has 1 aromatic rings. The van der Waals surface area contributed by atoms with Crippen LogP contribution in [0.1, 0.15) is 18.1 Å². The smallest absolute Gasteiger partial charge is 0.282 e. The molecule has 3 rings (SSSR count). The lowest BCUT2D eigenvalue weighted by Gasteiger charge is -2.43. The van der Waals surface area contributed by atoms with Gasteiger partial charge in [0.25, 0.3) is 10.1 Å². The molecule has 2 aliphatic rings. The Balaban J connectivity index is 2.57. The van der Waals surface area contributed by atoms with Crippen LogP contribution >= 0.6 is 0 Å². The molecule has 2 heterocycles. The third kappa shape index (κ3) is 2.44. The molecule has 0 unspecified atom stereocenters. The molecule has 0 aliphatic carbocycles. The Morgan fingerprint density at radius 1 is 1.00 bits per heavy atom. The molecule has 0 fully saturated rings. The molecular formula is C14H14N2O6S2. The highest BCUT2D eigenvalue weighted by molar-refractivity contribution is 7.98. The van der Waals surface area contributed by atoms with E-state index in [1.807, 2.05) is 0 Å². The van der Waals surface area contributed by atoms with Crippen molar-refractivity contribution in [2.24, 2.45) is 0 Å². The molecule has 0 radical (unpaired) electrons. The Kier molecular flexibility index (Phi) is 3.61. The van der Waals surface area contributed by atoms with E-state index >= 15 is 0 Å². The minimum Gasteiger partial charge on any atom is -0.282 e. The second-order valence-electron chi connectivity index (χ2n) is 5.36. The van der Waals surface area contributed by atoms with Crippen LogP contribution in [0.5, 0.6) is 0 Å². The van der Waals surface area contributed by atoms with Crippen molar-refractivity contribution in [1.82, 2.24) is 5.01 Å². The Labute approximate surface area is 139 Å². The van der Waals surface area contributed by atoms with Crippen LogP contribution in [-0.2, 0) is 20.2 Å². The monoisotopic (exact) mass is 370 g/mol. The van der Waals surface area contributed by atoms with Gasteiger partial charge < -0.3 is 0 Å². The highest BCUT2D eigenvalue weighted by Gasteiger charge is 2.43. The van der Waals surface area contributed by atoms with Crippen LogP contribution in [0.2, 0.25) is 0 Å². The molecule has 0 bridgehead atoms. The number of hydrazine groups is 1. The zero-order valence-electron chi connectivity index (χ0n) is 12.7. The molecule has 0 atom stereocenters. The van der Waals surface area contributed by atoms with Crippen molar-refractivity contribution in [3.63, 3.8) is 0 Å². The van der Waals surface area contributed by atoms with Gasteiger partial charge in [-0.15, -0.1) is 0 Å². The number of anilines is 1. The maximum absolute atomic E-state index is 12.0. The third-order valence-corrected chi connectivity index (χ3v) is 5.64. The lowest BCUT2D eigenvalue weighted by Crippen LogP contribution is -2.45. The molecule has 128 valence electrons. The molecule has 10 heteroatoms. The van der Waals surface area contributed by atoms with Crippen LogP contribution in [0.3, 0.4) is 0 Å². The summed E-state index contributed by atoms with van der Waals surface area (Å²) in [5, 5.41) is 1.51. The summed E-state index contributed by atoms with van der Waals surface area (Å²) < 4.78 is 67.2. The number of allylic oxidation sites excluding steroid dienone is 3. The molecule has 24 heavy (non-hydrogen) atoms. The van der Waals surface area contributed by atoms with Gasteiger partial charge in [-0.3, -0.25) is 14.1 Å². The molecule has 0 amide bonds. The number of aryl methyl sites for hydroxylation is 1. The zero-order chi connectivity index (χ0) is 17.9. The normalized spacial score (nSPS) is 17.6. The van der Waals surface area contributed by atoms with Gasteiger partial charge >= 0.3 is 10.1 Å². The molecule has 2 N–H and O–H groups in total. The van der Waals surface area contributed by atoms with Gasteiger partial charge in [0, 0.05) is 17.5 Å². The van der Waals surface area contributed by atoms with Crippen LogP contribution < -0.4 is 5.01 Å². The molecular weight excluding hydrogens is 356 g/mol. The van der Waals surface area contributed by atoms with Gasteiger partial charge in [0.15, 0.2) is 0 Å². The topological polar surface area (TPSA) is 115 Å². The van der Waals surface area contributed by atoms with Gasteiger partial charge in [-0.2, -0.15) is 16.8 Å². The Hall–Kier alpha value is -2.14. The van der Waals surface area contributed by atoms with E-state index in [1.165, 1.54) is 11.2 Å². The summed E-state index contributed by atoms with van der Waals surface area (Å²) in [6, 6.07) is 4.84. The first-order valence-corrected chi connectivity index (χ1v) is 9.65. The first-order chi connectivity index (χ1) is 11.0. The van der Waals surface area contributed by atoms with Crippen molar-refractivity contribution < 1.29 is 25.9 Å².